The van der Waals surface area contributed by atoms with Crippen LogP contribution in [0.5, 0.6) is 0 Å². The lowest BCUT2D eigenvalue weighted by atomic mass is 10.0. The van der Waals surface area contributed by atoms with Crippen molar-refractivity contribution in [1.82, 2.24) is 0 Å². The van der Waals surface area contributed by atoms with Crippen LogP contribution in [0.25, 0.3) is 0 Å². The third kappa shape index (κ3) is 12.7. The molecule has 1 heteroatoms. The Morgan fingerprint density at radius 3 is 1.55 bits per heavy atom. The Morgan fingerprint density at radius 2 is 1.00 bits per heavy atom. The first-order chi connectivity index (χ1) is 15.4. The zero-order valence-corrected chi connectivity index (χ0v) is 20.4. The van der Waals surface area contributed by atoms with Gasteiger partial charge in [-0.2, -0.15) is 4.57 Å². The Balaban J connectivity index is 1.42. The molecule has 0 saturated heterocycles. The Kier molecular flexibility index (Phi) is 14.9. The molecule has 0 atom stereocenters. The van der Waals surface area contributed by atoms with Crippen molar-refractivity contribution in [1.29, 1.82) is 0 Å². The highest BCUT2D eigenvalue weighted by atomic mass is 14.9. The van der Waals surface area contributed by atoms with Gasteiger partial charge in [0.25, 0.3) is 0 Å². The highest BCUT2D eigenvalue weighted by Crippen LogP contribution is 2.14. The molecule has 1 heterocycles. The number of hydrogen-bond donors (Lipinski definition) is 0. The number of pyridine rings is 1. The monoisotopic (exact) mass is 422 g/mol. The van der Waals surface area contributed by atoms with Gasteiger partial charge in [0.05, 0.1) is 0 Å². The third-order valence-corrected chi connectivity index (χ3v) is 6.52. The molecule has 172 valence electrons. The van der Waals surface area contributed by atoms with Crippen LogP contribution in [0.3, 0.4) is 0 Å². The van der Waals surface area contributed by atoms with Crippen LogP contribution < -0.4 is 4.57 Å². The van der Waals surface area contributed by atoms with E-state index in [9.17, 15) is 0 Å². The number of benzene rings is 1. The molecule has 0 aliphatic rings. The first-order valence-electron chi connectivity index (χ1n) is 13.4. The molecule has 2 aromatic rings. The molecule has 0 radical (unpaired) electrons. The summed E-state index contributed by atoms with van der Waals surface area (Å²) in [5, 5.41) is 0. The Hall–Kier alpha value is -1.63. The molecule has 0 saturated carbocycles. The SMILES string of the molecule is CCCCCCCCCCCCCCCCCCc1cccc[n+]1Cc1ccccc1. The summed E-state index contributed by atoms with van der Waals surface area (Å²) in [6.45, 7) is 3.28. The van der Waals surface area contributed by atoms with Crippen LogP contribution in [-0.2, 0) is 13.0 Å². The maximum atomic E-state index is 2.42. The van der Waals surface area contributed by atoms with Gasteiger partial charge in [-0.05, 0) is 6.42 Å². The van der Waals surface area contributed by atoms with Gasteiger partial charge in [-0.1, -0.05) is 140 Å². The van der Waals surface area contributed by atoms with Crippen molar-refractivity contribution in [2.24, 2.45) is 0 Å². The van der Waals surface area contributed by atoms with E-state index in [2.05, 4.69) is 66.2 Å². The number of aryl methyl sites for hydroxylation is 1. The van der Waals surface area contributed by atoms with Crippen molar-refractivity contribution in [3.63, 3.8) is 0 Å². The number of aromatic nitrogens is 1. The van der Waals surface area contributed by atoms with Crippen LogP contribution >= 0.6 is 0 Å². The average molecular weight is 423 g/mol. The molecule has 0 aliphatic heterocycles. The highest BCUT2D eigenvalue weighted by molar-refractivity contribution is 5.13. The number of nitrogens with zero attached hydrogens (tertiary/aromatic N) is 1. The number of unbranched alkanes of at least 4 members (excludes halogenated alkanes) is 15. The minimum absolute atomic E-state index is 0.982. The molecular formula is C30H48N+. The van der Waals surface area contributed by atoms with E-state index in [-0.39, 0.29) is 0 Å². The fourth-order valence-corrected chi connectivity index (χ4v) is 4.53. The summed E-state index contributed by atoms with van der Waals surface area (Å²) in [6.07, 6.45) is 26.3. The van der Waals surface area contributed by atoms with Crippen molar-refractivity contribution >= 4 is 0 Å². The fraction of sp³-hybridized carbons (Fsp3) is 0.633. The Labute approximate surface area is 193 Å². The van der Waals surface area contributed by atoms with E-state index >= 15 is 0 Å². The van der Waals surface area contributed by atoms with E-state index in [1.807, 2.05) is 0 Å². The van der Waals surface area contributed by atoms with E-state index in [4.69, 9.17) is 0 Å². The van der Waals surface area contributed by atoms with Gasteiger partial charge in [0.2, 0.25) is 0 Å². The highest BCUT2D eigenvalue weighted by Gasteiger charge is 2.09. The van der Waals surface area contributed by atoms with Crippen LogP contribution in [0.1, 0.15) is 121 Å². The molecule has 2 rings (SSSR count). The largest absolute Gasteiger partial charge is 0.198 e. The lowest BCUT2D eigenvalue weighted by Crippen LogP contribution is -2.38. The molecule has 0 fully saturated rings. The molecule has 0 N–H and O–H groups in total. The molecule has 0 aliphatic carbocycles. The van der Waals surface area contributed by atoms with Gasteiger partial charge in [-0.25, -0.2) is 0 Å². The van der Waals surface area contributed by atoms with Crippen molar-refractivity contribution in [3.8, 4) is 0 Å². The van der Waals surface area contributed by atoms with Crippen LogP contribution in [0.4, 0.5) is 0 Å². The lowest BCUT2D eigenvalue weighted by Gasteiger charge is -2.05. The summed E-state index contributed by atoms with van der Waals surface area (Å²) < 4.78 is 2.42. The normalized spacial score (nSPS) is 11.1. The van der Waals surface area contributed by atoms with Gasteiger partial charge >= 0.3 is 0 Å². The predicted molar refractivity (Wildman–Crippen MR) is 135 cm³/mol. The third-order valence-electron chi connectivity index (χ3n) is 6.52. The molecule has 0 spiro atoms. The molecule has 31 heavy (non-hydrogen) atoms. The number of hydrogen-bond acceptors (Lipinski definition) is 0. The molecular weight excluding hydrogens is 374 g/mol. The first kappa shape index (κ1) is 25.6. The second kappa shape index (κ2) is 18.0. The standard InChI is InChI=1S/C30H48N/c1-2-3-4-5-6-7-8-9-10-11-12-13-14-15-16-20-25-30-26-21-22-27-31(30)28-29-23-18-17-19-24-29/h17-19,21-24,26-27H,2-16,20,25,28H2,1H3/q+1. The van der Waals surface area contributed by atoms with Crippen LogP contribution in [0.15, 0.2) is 54.7 Å². The van der Waals surface area contributed by atoms with E-state index in [0.29, 0.717) is 0 Å². The van der Waals surface area contributed by atoms with Gasteiger partial charge in [0.1, 0.15) is 0 Å². The summed E-state index contributed by atoms with van der Waals surface area (Å²) in [4.78, 5) is 0. The van der Waals surface area contributed by atoms with Crippen molar-refractivity contribution in [2.45, 2.75) is 123 Å². The first-order valence-corrected chi connectivity index (χ1v) is 13.4. The zero-order valence-electron chi connectivity index (χ0n) is 20.4. The van der Waals surface area contributed by atoms with Gasteiger partial charge in [-0.3, -0.25) is 0 Å². The molecule has 1 aromatic heterocycles. The van der Waals surface area contributed by atoms with Crippen molar-refractivity contribution < 1.29 is 4.57 Å². The van der Waals surface area contributed by atoms with Crippen LogP contribution in [-0.4, -0.2) is 0 Å². The Morgan fingerprint density at radius 1 is 0.516 bits per heavy atom. The Bertz CT molecular complexity index is 648. The molecule has 1 nitrogen and oxygen atoms in total. The lowest BCUT2D eigenvalue weighted by molar-refractivity contribution is -0.695. The number of rotatable bonds is 19. The molecule has 0 amide bonds. The topological polar surface area (TPSA) is 3.88 Å². The van der Waals surface area contributed by atoms with Gasteiger partial charge in [0, 0.05) is 24.1 Å². The summed E-state index contributed by atoms with van der Waals surface area (Å²) in [5.74, 6) is 0. The maximum absolute atomic E-state index is 2.42. The second-order valence-electron chi connectivity index (χ2n) is 9.36. The van der Waals surface area contributed by atoms with E-state index in [1.165, 1.54) is 120 Å². The van der Waals surface area contributed by atoms with E-state index in [1.54, 1.807) is 0 Å². The summed E-state index contributed by atoms with van der Waals surface area (Å²) in [5.41, 5.74) is 2.85. The molecule has 0 unspecified atom stereocenters. The van der Waals surface area contributed by atoms with Gasteiger partial charge in [0.15, 0.2) is 18.4 Å². The zero-order chi connectivity index (χ0) is 21.8. The maximum Gasteiger partial charge on any atom is 0.181 e. The predicted octanol–water partition coefficient (Wildman–Crippen LogP) is 8.83. The fourth-order valence-electron chi connectivity index (χ4n) is 4.53. The smallest absolute Gasteiger partial charge is 0.181 e. The summed E-state index contributed by atoms with van der Waals surface area (Å²) in [7, 11) is 0. The van der Waals surface area contributed by atoms with Crippen LogP contribution in [0.2, 0.25) is 0 Å². The van der Waals surface area contributed by atoms with Crippen molar-refractivity contribution in [2.75, 3.05) is 0 Å². The van der Waals surface area contributed by atoms with Gasteiger partial charge in [-0.15, -0.1) is 0 Å². The molecule has 1 aromatic carbocycles. The van der Waals surface area contributed by atoms with E-state index in [0.717, 1.165) is 6.54 Å². The average Bonchev–Trinajstić information content (AvgIpc) is 2.80. The van der Waals surface area contributed by atoms with E-state index < -0.39 is 0 Å². The van der Waals surface area contributed by atoms with Crippen molar-refractivity contribution in [3.05, 3.63) is 66.0 Å². The van der Waals surface area contributed by atoms with Gasteiger partial charge < -0.3 is 0 Å². The minimum atomic E-state index is 0.982. The van der Waals surface area contributed by atoms with Crippen LogP contribution in [0, 0.1) is 0 Å². The summed E-state index contributed by atoms with van der Waals surface area (Å²) >= 11 is 0. The second-order valence-corrected chi connectivity index (χ2v) is 9.36. The summed E-state index contributed by atoms with van der Waals surface area (Å²) in [6, 6.07) is 17.4. The molecule has 0 bridgehead atoms. The quantitative estimate of drug-likeness (QED) is 0.157. The minimum Gasteiger partial charge on any atom is -0.198 e.